The van der Waals surface area contributed by atoms with Gasteiger partial charge >= 0.3 is 5.97 Å². The minimum atomic E-state index is -2.52. The molecule has 0 spiro atoms. The monoisotopic (exact) mass is 382 g/mol. The molecule has 4 heteroatoms. The molecule has 1 fully saturated rings. The fraction of sp³-hybridized carbons (Fsp3) is 0.435. The Labute approximate surface area is 163 Å². The molecule has 2 aromatic rings. The average molecular weight is 383 g/mol. The highest BCUT2D eigenvalue weighted by Crippen LogP contribution is 2.41. The Morgan fingerprint density at radius 1 is 0.963 bits per heavy atom. The molecule has 0 N–H and O–H groups in total. The third-order valence-electron chi connectivity index (χ3n) is 5.48. The van der Waals surface area contributed by atoms with E-state index in [2.05, 4.69) is 81.4 Å². The van der Waals surface area contributed by atoms with E-state index in [0.717, 1.165) is 12.8 Å². The standard InChI is InChI=1S/C23H30O3Si/c1-5-25-22(24)18-16-19(17-18)26-27(23(2,3)4,20-12-8-6-9-13-20)21-14-10-7-11-15-21/h6-15,18-19H,5,16-17H2,1-4H3. The van der Waals surface area contributed by atoms with Crippen molar-refractivity contribution in [3.63, 3.8) is 0 Å². The number of benzene rings is 2. The van der Waals surface area contributed by atoms with E-state index in [0.29, 0.717) is 6.61 Å². The second-order valence-corrected chi connectivity index (χ2v) is 12.6. The molecule has 0 aliphatic heterocycles. The molecule has 1 aliphatic rings. The molecular weight excluding hydrogens is 352 g/mol. The van der Waals surface area contributed by atoms with Gasteiger partial charge in [0.25, 0.3) is 8.32 Å². The van der Waals surface area contributed by atoms with Crippen LogP contribution in [-0.2, 0) is 14.0 Å². The van der Waals surface area contributed by atoms with E-state index in [-0.39, 0.29) is 23.0 Å². The van der Waals surface area contributed by atoms with Crippen LogP contribution < -0.4 is 10.4 Å². The highest BCUT2D eigenvalue weighted by molar-refractivity contribution is 6.99. The first-order chi connectivity index (χ1) is 12.9. The van der Waals surface area contributed by atoms with Crippen LogP contribution in [0.5, 0.6) is 0 Å². The predicted octanol–water partition coefficient (Wildman–Crippen LogP) is 3.90. The zero-order valence-corrected chi connectivity index (χ0v) is 17.8. The summed E-state index contributed by atoms with van der Waals surface area (Å²) >= 11 is 0. The molecule has 0 bridgehead atoms. The van der Waals surface area contributed by atoms with Crippen molar-refractivity contribution in [3.05, 3.63) is 60.7 Å². The van der Waals surface area contributed by atoms with E-state index in [1.165, 1.54) is 10.4 Å². The fourth-order valence-corrected chi connectivity index (χ4v) is 8.76. The number of rotatable bonds is 6. The SMILES string of the molecule is CCOC(=O)C1CC(O[Si](c2ccccc2)(c2ccccc2)C(C)(C)C)C1. The van der Waals surface area contributed by atoms with Crippen LogP contribution in [0.15, 0.2) is 60.7 Å². The van der Waals surface area contributed by atoms with Gasteiger partial charge in [0, 0.05) is 6.10 Å². The predicted molar refractivity (Wildman–Crippen MR) is 112 cm³/mol. The Balaban J connectivity index is 1.95. The molecule has 3 nitrogen and oxygen atoms in total. The van der Waals surface area contributed by atoms with Gasteiger partial charge in [-0.05, 0) is 35.2 Å². The number of carbonyl (C=O) groups is 1. The summed E-state index contributed by atoms with van der Waals surface area (Å²) in [6.45, 7) is 9.13. The Kier molecular flexibility index (Phi) is 5.87. The van der Waals surface area contributed by atoms with E-state index in [1.54, 1.807) is 0 Å². The lowest BCUT2D eigenvalue weighted by Crippen LogP contribution is -2.68. The Hall–Kier alpha value is -1.91. The lowest BCUT2D eigenvalue weighted by molar-refractivity contribution is -0.154. The first kappa shape index (κ1) is 19.8. The average Bonchev–Trinajstić information content (AvgIpc) is 2.61. The van der Waals surface area contributed by atoms with Crippen LogP contribution in [0.2, 0.25) is 5.04 Å². The molecule has 27 heavy (non-hydrogen) atoms. The Bertz CT molecular complexity index is 707. The smallest absolute Gasteiger partial charge is 0.309 e. The van der Waals surface area contributed by atoms with Gasteiger partial charge in [-0.2, -0.15) is 0 Å². The van der Waals surface area contributed by atoms with Crippen molar-refractivity contribution in [1.82, 2.24) is 0 Å². The molecule has 1 aliphatic carbocycles. The zero-order valence-electron chi connectivity index (χ0n) is 16.8. The van der Waals surface area contributed by atoms with E-state index < -0.39 is 8.32 Å². The number of ether oxygens (including phenoxy) is 1. The van der Waals surface area contributed by atoms with E-state index in [9.17, 15) is 4.79 Å². The van der Waals surface area contributed by atoms with Gasteiger partial charge < -0.3 is 9.16 Å². The zero-order chi connectivity index (χ0) is 19.5. The fourth-order valence-electron chi connectivity index (χ4n) is 4.06. The van der Waals surface area contributed by atoms with Crippen molar-refractivity contribution in [2.45, 2.75) is 51.7 Å². The van der Waals surface area contributed by atoms with Crippen molar-refractivity contribution >= 4 is 24.7 Å². The third-order valence-corrected chi connectivity index (χ3v) is 10.6. The van der Waals surface area contributed by atoms with Crippen LogP contribution in [-0.4, -0.2) is 27.0 Å². The molecule has 0 atom stereocenters. The molecule has 0 unspecified atom stereocenters. The van der Waals surface area contributed by atoms with Crippen molar-refractivity contribution < 1.29 is 14.0 Å². The lowest BCUT2D eigenvalue weighted by Gasteiger charge is -2.48. The van der Waals surface area contributed by atoms with Crippen molar-refractivity contribution in [2.24, 2.45) is 5.92 Å². The van der Waals surface area contributed by atoms with Gasteiger partial charge in [0.15, 0.2) is 0 Å². The highest BCUT2D eigenvalue weighted by Gasteiger charge is 2.53. The molecule has 0 amide bonds. The Morgan fingerprint density at radius 2 is 1.44 bits per heavy atom. The number of hydrogen-bond acceptors (Lipinski definition) is 3. The van der Waals surface area contributed by atoms with Gasteiger partial charge in [-0.1, -0.05) is 81.4 Å². The van der Waals surface area contributed by atoms with Crippen LogP contribution in [0, 0.1) is 5.92 Å². The highest BCUT2D eigenvalue weighted by atomic mass is 28.4. The molecule has 1 saturated carbocycles. The topological polar surface area (TPSA) is 35.5 Å². The molecule has 144 valence electrons. The van der Waals surface area contributed by atoms with Gasteiger partial charge in [0.2, 0.25) is 0 Å². The maximum absolute atomic E-state index is 12.0. The second kappa shape index (κ2) is 7.99. The summed E-state index contributed by atoms with van der Waals surface area (Å²) in [6, 6.07) is 21.3. The van der Waals surface area contributed by atoms with Crippen molar-refractivity contribution in [1.29, 1.82) is 0 Å². The number of esters is 1. The molecule has 0 saturated heterocycles. The van der Waals surface area contributed by atoms with Gasteiger partial charge in [-0.15, -0.1) is 0 Å². The maximum Gasteiger partial charge on any atom is 0.309 e. The van der Waals surface area contributed by atoms with Crippen LogP contribution >= 0.6 is 0 Å². The Morgan fingerprint density at radius 3 is 1.85 bits per heavy atom. The summed E-state index contributed by atoms with van der Waals surface area (Å²) in [4.78, 5) is 12.0. The summed E-state index contributed by atoms with van der Waals surface area (Å²) in [6.07, 6.45) is 1.61. The summed E-state index contributed by atoms with van der Waals surface area (Å²) in [5.41, 5.74) is 0. The molecule has 3 rings (SSSR count). The first-order valence-corrected chi connectivity index (χ1v) is 11.7. The molecule has 0 aromatic heterocycles. The lowest BCUT2D eigenvalue weighted by atomic mass is 9.83. The molecule has 0 radical (unpaired) electrons. The largest absolute Gasteiger partial charge is 0.466 e. The van der Waals surface area contributed by atoms with Crippen LogP contribution in [0.3, 0.4) is 0 Å². The number of hydrogen-bond donors (Lipinski definition) is 0. The van der Waals surface area contributed by atoms with Crippen LogP contribution in [0.4, 0.5) is 0 Å². The van der Waals surface area contributed by atoms with E-state index in [1.807, 2.05) is 6.92 Å². The quantitative estimate of drug-likeness (QED) is 0.561. The summed E-state index contributed by atoms with van der Waals surface area (Å²) in [5.74, 6) is -0.104. The molecule has 0 heterocycles. The molecular formula is C23H30O3Si. The van der Waals surface area contributed by atoms with Crippen molar-refractivity contribution in [3.8, 4) is 0 Å². The van der Waals surface area contributed by atoms with E-state index in [4.69, 9.17) is 9.16 Å². The number of carbonyl (C=O) groups excluding carboxylic acids is 1. The normalized spacial score (nSPS) is 20.0. The maximum atomic E-state index is 12.0. The third kappa shape index (κ3) is 3.87. The van der Waals surface area contributed by atoms with Gasteiger partial charge in [0.1, 0.15) is 0 Å². The molecule has 2 aromatic carbocycles. The van der Waals surface area contributed by atoms with Gasteiger partial charge in [0.05, 0.1) is 12.5 Å². The van der Waals surface area contributed by atoms with Crippen LogP contribution in [0.1, 0.15) is 40.5 Å². The van der Waals surface area contributed by atoms with Gasteiger partial charge in [-0.3, -0.25) is 4.79 Å². The summed E-state index contributed by atoms with van der Waals surface area (Å²) in [7, 11) is -2.52. The summed E-state index contributed by atoms with van der Waals surface area (Å²) in [5, 5.41) is 2.52. The van der Waals surface area contributed by atoms with Crippen LogP contribution in [0.25, 0.3) is 0 Å². The van der Waals surface area contributed by atoms with Gasteiger partial charge in [-0.25, -0.2) is 0 Å². The first-order valence-electron chi connectivity index (χ1n) is 9.84. The summed E-state index contributed by atoms with van der Waals surface area (Å²) < 4.78 is 12.2. The van der Waals surface area contributed by atoms with E-state index >= 15 is 0 Å². The second-order valence-electron chi connectivity index (χ2n) is 8.32. The van der Waals surface area contributed by atoms with Crippen molar-refractivity contribution in [2.75, 3.05) is 6.61 Å². The minimum absolute atomic E-state index is 0.0202. The minimum Gasteiger partial charge on any atom is -0.466 e.